The Hall–Kier alpha value is -1.94. The third-order valence-corrected chi connectivity index (χ3v) is 3.71. The topological polar surface area (TPSA) is 24.1 Å². The van der Waals surface area contributed by atoms with Crippen molar-refractivity contribution in [2.75, 3.05) is 11.9 Å². The van der Waals surface area contributed by atoms with E-state index in [1.807, 2.05) is 0 Å². The van der Waals surface area contributed by atoms with Crippen LogP contribution in [0.2, 0.25) is 0 Å². The van der Waals surface area contributed by atoms with Crippen LogP contribution in [0.5, 0.6) is 0 Å². The largest absolute Gasteiger partial charge is 0.362 e. The highest BCUT2D eigenvalue weighted by Gasteiger charge is 2.03. The quantitative estimate of drug-likeness (QED) is 0.795. The van der Waals surface area contributed by atoms with E-state index in [9.17, 15) is 4.39 Å². The van der Waals surface area contributed by atoms with E-state index in [1.54, 1.807) is 18.2 Å². The Balaban J connectivity index is 1.78. The number of benzene rings is 2. The summed E-state index contributed by atoms with van der Waals surface area (Å²) in [6, 6.07) is 15.1. The van der Waals surface area contributed by atoms with Gasteiger partial charge in [-0.2, -0.15) is 0 Å². The Morgan fingerprint density at radius 2 is 1.77 bits per heavy atom. The van der Waals surface area contributed by atoms with Gasteiger partial charge in [-0.25, -0.2) is 4.39 Å². The molecule has 0 radical (unpaired) electrons. The van der Waals surface area contributed by atoms with Crippen LogP contribution in [-0.2, 0) is 6.42 Å². The second-order valence-corrected chi connectivity index (χ2v) is 5.92. The van der Waals surface area contributed by atoms with E-state index in [0.717, 1.165) is 6.42 Å². The van der Waals surface area contributed by atoms with Crippen molar-refractivity contribution in [3.05, 3.63) is 65.5 Å². The molecule has 0 aliphatic rings. The molecule has 0 amide bonds. The lowest BCUT2D eigenvalue weighted by Crippen LogP contribution is -2.30. The summed E-state index contributed by atoms with van der Waals surface area (Å²) in [5.74, 6) is 0.237. The highest BCUT2D eigenvalue weighted by molar-refractivity contribution is 7.80. The standard InChI is InChI=1S/C18H21FN2S/c1-13(2)15-9-7-14(8-10-15)11-12-20-18(22)21-17-6-4-3-5-16(17)19/h3-10,13H,11-12H2,1-2H3,(H2,20,21,22). The van der Waals surface area contributed by atoms with Crippen LogP contribution in [0.4, 0.5) is 10.1 Å². The molecule has 2 nitrogen and oxygen atoms in total. The van der Waals surface area contributed by atoms with Crippen LogP contribution in [0.3, 0.4) is 0 Å². The number of hydrogen-bond donors (Lipinski definition) is 2. The fourth-order valence-electron chi connectivity index (χ4n) is 2.12. The van der Waals surface area contributed by atoms with Gasteiger partial charge in [0.1, 0.15) is 5.82 Å². The molecule has 2 N–H and O–H groups in total. The molecule has 0 spiro atoms. The Labute approximate surface area is 136 Å². The SMILES string of the molecule is CC(C)c1ccc(CCNC(=S)Nc2ccccc2F)cc1. The Bertz CT molecular complexity index is 623. The molecule has 0 saturated carbocycles. The molecule has 0 fully saturated rings. The van der Waals surface area contributed by atoms with Crippen LogP contribution in [0.15, 0.2) is 48.5 Å². The molecule has 0 unspecified atom stereocenters. The van der Waals surface area contributed by atoms with Crippen molar-refractivity contribution in [2.24, 2.45) is 0 Å². The summed E-state index contributed by atoms with van der Waals surface area (Å²) in [5.41, 5.74) is 2.99. The van der Waals surface area contributed by atoms with E-state index in [1.165, 1.54) is 17.2 Å². The smallest absolute Gasteiger partial charge is 0.170 e. The van der Waals surface area contributed by atoms with Crippen molar-refractivity contribution >= 4 is 23.0 Å². The summed E-state index contributed by atoms with van der Waals surface area (Å²) >= 11 is 5.18. The molecule has 2 aromatic carbocycles. The lowest BCUT2D eigenvalue weighted by molar-refractivity contribution is 0.632. The van der Waals surface area contributed by atoms with Crippen LogP contribution in [0, 0.1) is 5.82 Å². The molecule has 0 atom stereocenters. The van der Waals surface area contributed by atoms with Crippen LogP contribution in [-0.4, -0.2) is 11.7 Å². The second-order valence-electron chi connectivity index (χ2n) is 5.51. The van der Waals surface area contributed by atoms with E-state index in [2.05, 4.69) is 48.7 Å². The molecule has 2 rings (SSSR count). The van der Waals surface area contributed by atoms with Gasteiger partial charge in [-0.05, 0) is 47.8 Å². The first kappa shape index (κ1) is 16.4. The predicted molar refractivity (Wildman–Crippen MR) is 94.9 cm³/mol. The monoisotopic (exact) mass is 316 g/mol. The highest BCUT2D eigenvalue weighted by Crippen LogP contribution is 2.15. The lowest BCUT2D eigenvalue weighted by atomic mass is 10.0. The zero-order valence-corrected chi connectivity index (χ0v) is 13.7. The minimum Gasteiger partial charge on any atom is -0.362 e. The van der Waals surface area contributed by atoms with Crippen molar-refractivity contribution in [3.63, 3.8) is 0 Å². The maximum absolute atomic E-state index is 13.5. The summed E-state index contributed by atoms with van der Waals surface area (Å²) in [6.45, 7) is 5.08. The van der Waals surface area contributed by atoms with Gasteiger partial charge in [0, 0.05) is 6.54 Å². The first-order valence-corrected chi connectivity index (χ1v) is 7.85. The Kier molecular flexibility index (Phi) is 5.90. The zero-order chi connectivity index (χ0) is 15.9. The van der Waals surface area contributed by atoms with Gasteiger partial charge in [-0.3, -0.25) is 0 Å². The number of nitrogens with one attached hydrogen (secondary N) is 2. The second kappa shape index (κ2) is 7.90. The van der Waals surface area contributed by atoms with E-state index in [-0.39, 0.29) is 5.82 Å². The van der Waals surface area contributed by atoms with E-state index < -0.39 is 0 Å². The summed E-state index contributed by atoms with van der Waals surface area (Å²) in [7, 11) is 0. The Morgan fingerprint density at radius 3 is 2.41 bits per heavy atom. The molecule has 0 saturated heterocycles. The number of halogens is 1. The molecule has 0 heterocycles. The van der Waals surface area contributed by atoms with Gasteiger partial charge in [0.25, 0.3) is 0 Å². The average Bonchev–Trinajstić information content (AvgIpc) is 2.50. The van der Waals surface area contributed by atoms with Gasteiger partial charge in [0.15, 0.2) is 5.11 Å². The average molecular weight is 316 g/mol. The van der Waals surface area contributed by atoms with Crippen molar-refractivity contribution in [2.45, 2.75) is 26.2 Å². The van der Waals surface area contributed by atoms with Gasteiger partial charge in [-0.1, -0.05) is 50.2 Å². The minimum absolute atomic E-state index is 0.309. The van der Waals surface area contributed by atoms with E-state index >= 15 is 0 Å². The Morgan fingerprint density at radius 1 is 1.09 bits per heavy atom. The van der Waals surface area contributed by atoms with E-state index in [0.29, 0.717) is 23.3 Å². The van der Waals surface area contributed by atoms with Crippen LogP contribution >= 0.6 is 12.2 Å². The first-order chi connectivity index (χ1) is 10.6. The van der Waals surface area contributed by atoms with Gasteiger partial charge >= 0.3 is 0 Å². The molecule has 0 bridgehead atoms. The van der Waals surface area contributed by atoms with Crippen molar-refractivity contribution in [1.29, 1.82) is 0 Å². The maximum Gasteiger partial charge on any atom is 0.170 e. The van der Waals surface area contributed by atoms with Crippen LogP contribution in [0.1, 0.15) is 30.9 Å². The maximum atomic E-state index is 13.5. The fourth-order valence-corrected chi connectivity index (χ4v) is 2.33. The molecule has 2 aromatic rings. The van der Waals surface area contributed by atoms with Gasteiger partial charge < -0.3 is 10.6 Å². The van der Waals surface area contributed by atoms with Crippen molar-refractivity contribution in [3.8, 4) is 0 Å². The van der Waals surface area contributed by atoms with Crippen LogP contribution < -0.4 is 10.6 Å². The number of thiocarbonyl (C=S) groups is 1. The lowest BCUT2D eigenvalue weighted by Gasteiger charge is -2.11. The molecule has 0 aliphatic carbocycles. The normalized spacial score (nSPS) is 10.5. The molecule has 0 aliphatic heterocycles. The molecule has 4 heteroatoms. The number of para-hydroxylation sites is 1. The molecule has 22 heavy (non-hydrogen) atoms. The van der Waals surface area contributed by atoms with Crippen LogP contribution in [0.25, 0.3) is 0 Å². The van der Waals surface area contributed by atoms with Gasteiger partial charge in [-0.15, -0.1) is 0 Å². The summed E-state index contributed by atoms with van der Waals surface area (Å²) < 4.78 is 13.5. The van der Waals surface area contributed by atoms with Gasteiger partial charge in [0.05, 0.1) is 5.69 Å². The molecule has 0 aromatic heterocycles. The summed E-state index contributed by atoms with van der Waals surface area (Å²) in [6.07, 6.45) is 0.872. The number of anilines is 1. The van der Waals surface area contributed by atoms with Crippen molar-refractivity contribution < 1.29 is 4.39 Å². The van der Waals surface area contributed by atoms with Crippen molar-refractivity contribution in [1.82, 2.24) is 5.32 Å². The highest BCUT2D eigenvalue weighted by atomic mass is 32.1. The molecular weight excluding hydrogens is 295 g/mol. The predicted octanol–water partition coefficient (Wildman–Crippen LogP) is 4.48. The fraction of sp³-hybridized carbons (Fsp3) is 0.278. The van der Waals surface area contributed by atoms with Gasteiger partial charge in [0.2, 0.25) is 0 Å². The number of rotatable bonds is 5. The first-order valence-electron chi connectivity index (χ1n) is 7.44. The summed E-state index contributed by atoms with van der Waals surface area (Å²) in [4.78, 5) is 0. The zero-order valence-electron chi connectivity index (χ0n) is 12.9. The summed E-state index contributed by atoms with van der Waals surface area (Å²) in [5, 5.41) is 6.40. The molecule has 116 valence electrons. The van der Waals surface area contributed by atoms with E-state index in [4.69, 9.17) is 12.2 Å². The third kappa shape index (κ3) is 4.81. The number of hydrogen-bond acceptors (Lipinski definition) is 1. The third-order valence-electron chi connectivity index (χ3n) is 3.47. The minimum atomic E-state index is -0.309. The molecular formula is C18H21FN2S.